The first-order valence-corrected chi connectivity index (χ1v) is 6.50. The van der Waals surface area contributed by atoms with Crippen molar-refractivity contribution in [2.75, 3.05) is 18.4 Å². The van der Waals surface area contributed by atoms with Crippen LogP contribution in [0.5, 0.6) is 0 Å². The highest BCUT2D eigenvalue weighted by molar-refractivity contribution is 5.18. The molecule has 0 saturated carbocycles. The Morgan fingerprint density at radius 2 is 2.21 bits per heavy atom. The summed E-state index contributed by atoms with van der Waals surface area (Å²) in [5, 5.41) is 14.3. The quantitative estimate of drug-likeness (QED) is 0.791. The Labute approximate surface area is 112 Å². The summed E-state index contributed by atoms with van der Waals surface area (Å²) in [6.07, 6.45) is 2.61. The maximum absolute atomic E-state index is 5.52. The van der Waals surface area contributed by atoms with Gasteiger partial charge in [0, 0.05) is 24.9 Å². The number of aromatic nitrogens is 3. The lowest BCUT2D eigenvalue weighted by Crippen LogP contribution is -2.17. The zero-order chi connectivity index (χ0) is 13.5. The lowest BCUT2D eigenvalue weighted by molar-refractivity contribution is 0.429. The first kappa shape index (κ1) is 13.5. The van der Waals surface area contributed by atoms with E-state index >= 15 is 0 Å². The van der Waals surface area contributed by atoms with Gasteiger partial charge in [0.25, 0.3) is 0 Å². The average Bonchev–Trinajstić information content (AvgIpc) is 2.89. The Morgan fingerprint density at radius 1 is 1.32 bits per heavy atom. The molecule has 102 valence electrons. The Balaban J connectivity index is 1.80. The summed E-state index contributed by atoms with van der Waals surface area (Å²) in [7, 11) is 0. The topological polar surface area (TPSA) is 75.9 Å². The third-order valence-corrected chi connectivity index (χ3v) is 2.70. The van der Waals surface area contributed by atoms with Crippen molar-refractivity contribution < 1.29 is 4.42 Å². The first-order valence-electron chi connectivity index (χ1n) is 6.50. The molecule has 1 unspecified atom stereocenters. The monoisotopic (exact) mass is 261 g/mol. The first-order chi connectivity index (χ1) is 9.29. The molecule has 0 saturated heterocycles. The molecule has 0 amide bonds. The van der Waals surface area contributed by atoms with E-state index < -0.39 is 0 Å². The van der Waals surface area contributed by atoms with E-state index in [-0.39, 0.29) is 6.04 Å². The van der Waals surface area contributed by atoms with Crippen molar-refractivity contribution in [2.24, 2.45) is 0 Å². The van der Waals surface area contributed by atoms with E-state index in [1.165, 1.54) is 0 Å². The highest BCUT2D eigenvalue weighted by Crippen LogP contribution is 2.13. The second kappa shape index (κ2) is 6.84. The summed E-state index contributed by atoms with van der Waals surface area (Å²) in [6.45, 7) is 5.62. The second-order valence-corrected chi connectivity index (χ2v) is 4.22. The number of hydrogen-bond acceptors (Lipinski definition) is 6. The van der Waals surface area contributed by atoms with Gasteiger partial charge in [-0.15, -0.1) is 5.10 Å². The summed E-state index contributed by atoms with van der Waals surface area (Å²) in [4.78, 5) is 4.25. The number of anilines is 1. The molecule has 0 aromatic carbocycles. The molecule has 2 N–H and O–H groups in total. The summed E-state index contributed by atoms with van der Waals surface area (Å²) in [6, 6.07) is 6.41. The third kappa shape index (κ3) is 4.03. The number of nitrogens with one attached hydrogen (secondary N) is 2. The summed E-state index contributed by atoms with van der Waals surface area (Å²) in [5.74, 6) is 0.599. The number of hydrogen-bond donors (Lipinski definition) is 2. The minimum Gasteiger partial charge on any atom is -0.406 e. The van der Waals surface area contributed by atoms with Crippen LogP contribution in [0, 0.1) is 0 Å². The van der Waals surface area contributed by atoms with Gasteiger partial charge in [0.2, 0.25) is 5.89 Å². The van der Waals surface area contributed by atoms with Gasteiger partial charge in [-0.2, -0.15) is 0 Å². The van der Waals surface area contributed by atoms with Gasteiger partial charge in [-0.1, -0.05) is 18.1 Å². The molecule has 2 heterocycles. The average molecular weight is 261 g/mol. The van der Waals surface area contributed by atoms with Crippen LogP contribution in [0.2, 0.25) is 0 Å². The Bertz CT molecular complexity index is 485. The van der Waals surface area contributed by atoms with E-state index in [2.05, 4.69) is 25.8 Å². The summed E-state index contributed by atoms with van der Waals surface area (Å²) >= 11 is 0. The number of pyridine rings is 1. The molecule has 2 aromatic heterocycles. The van der Waals surface area contributed by atoms with Crippen molar-refractivity contribution in [3.63, 3.8) is 0 Å². The molecule has 0 aliphatic heterocycles. The predicted octanol–water partition coefficient (Wildman–Crippen LogP) is 1.79. The molecule has 0 spiro atoms. The fourth-order valence-corrected chi connectivity index (χ4v) is 1.72. The standard InChI is InChI=1S/C13H19N5O/c1-3-14-10(2)12-17-18-13(19-12)16-9-7-11-6-4-5-8-15-11/h4-6,8,10,14H,3,7,9H2,1-2H3,(H,16,18). The molecule has 0 aliphatic rings. The van der Waals surface area contributed by atoms with Gasteiger partial charge >= 0.3 is 6.01 Å². The van der Waals surface area contributed by atoms with Gasteiger partial charge in [-0.3, -0.25) is 4.98 Å². The van der Waals surface area contributed by atoms with Crippen molar-refractivity contribution >= 4 is 6.01 Å². The van der Waals surface area contributed by atoms with Crippen LogP contribution >= 0.6 is 0 Å². The van der Waals surface area contributed by atoms with Gasteiger partial charge in [0.1, 0.15) is 0 Å². The highest BCUT2D eigenvalue weighted by atomic mass is 16.4. The summed E-state index contributed by atoms with van der Waals surface area (Å²) < 4.78 is 5.52. The Morgan fingerprint density at radius 3 is 2.95 bits per heavy atom. The predicted molar refractivity (Wildman–Crippen MR) is 72.8 cm³/mol. The molecule has 19 heavy (non-hydrogen) atoms. The lowest BCUT2D eigenvalue weighted by Gasteiger charge is -2.05. The Hall–Kier alpha value is -1.95. The minimum absolute atomic E-state index is 0.0730. The van der Waals surface area contributed by atoms with Crippen molar-refractivity contribution in [2.45, 2.75) is 26.3 Å². The van der Waals surface area contributed by atoms with Crippen molar-refractivity contribution in [1.82, 2.24) is 20.5 Å². The lowest BCUT2D eigenvalue weighted by atomic mass is 10.3. The van der Waals surface area contributed by atoms with Gasteiger partial charge in [0.05, 0.1) is 6.04 Å². The van der Waals surface area contributed by atoms with Crippen LogP contribution in [0.15, 0.2) is 28.8 Å². The maximum Gasteiger partial charge on any atom is 0.315 e. The maximum atomic E-state index is 5.52. The molecule has 0 radical (unpaired) electrons. The fourth-order valence-electron chi connectivity index (χ4n) is 1.72. The van der Waals surface area contributed by atoms with Crippen molar-refractivity contribution in [1.29, 1.82) is 0 Å². The van der Waals surface area contributed by atoms with Gasteiger partial charge in [-0.25, -0.2) is 0 Å². The molecule has 0 aliphatic carbocycles. The number of nitrogens with zero attached hydrogens (tertiary/aromatic N) is 3. The van der Waals surface area contributed by atoms with Crippen molar-refractivity contribution in [3.05, 3.63) is 36.0 Å². The summed E-state index contributed by atoms with van der Waals surface area (Å²) in [5.41, 5.74) is 1.04. The van der Waals surface area contributed by atoms with E-state index in [0.717, 1.165) is 18.7 Å². The zero-order valence-corrected chi connectivity index (χ0v) is 11.3. The van der Waals surface area contributed by atoms with E-state index in [1.54, 1.807) is 6.20 Å². The van der Waals surface area contributed by atoms with Crippen LogP contribution < -0.4 is 10.6 Å². The van der Waals surface area contributed by atoms with Crippen LogP contribution in [-0.4, -0.2) is 28.3 Å². The largest absolute Gasteiger partial charge is 0.406 e. The molecule has 2 aromatic rings. The van der Waals surface area contributed by atoms with Gasteiger partial charge in [-0.05, 0) is 25.6 Å². The second-order valence-electron chi connectivity index (χ2n) is 4.22. The molecular formula is C13H19N5O. The molecule has 2 rings (SSSR count). The zero-order valence-electron chi connectivity index (χ0n) is 11.3. The molecule has 1 atom stereocenters. The van der Waals surface area contributed by atoms with Gasteiger partial charge < -0.3 is 15.1 Å². The van der Waals surface area contributed by atoms with E-state index in [4.69, 9.17) is 4.42 Å². The number of rotatable bonds is 7. The SMILES string of the molecule is CCNC(C)c1nnc(NCCc2ccccn2)o1. The van der Waals surface area contributed by atoms with Crippen LogP contribution in [0.1, 0.15) is 31.5 Å². The van der Waals surface area contributed by atoms with Crippen LogP contribution in [0.3, 0.4) is 0 Å². The fraction of sp³-hybridized carbons (Fsp3) is 0.462. The smallest absolute Gasteiger partial charge is 0.315 e. The van der Waals surface area contributed by atoms with E-state index in [9.17, 15) is 0 Å². The minimum atomic E-state index is 0.0730. The normalized spacial score (nSPS) is 12.3. The molecule has 6 heteroatoms. The van der Waals surface area contributed by atoms with E-state index in [0.29, 0.717) is 18.5 Å². The van der Waals surface area contributed by atoms with Crippen LogP contribution in [0.4, 0.5) is 6.01 Å². The van der Waals surface area contributed by atoms with Crippen LogP contribution in [-0.2, 0) is 6.42 Å². The third-order valence-electron chi connectivity index (χ3n) is 2.70. The molecule has 0 bridgehead atoms. The highest BCUT2D eigenvalue weighted by Gasteiger charge is 2.12. The molecule has 6 nitrogen and oxygen atoms in total. The molecular weight excluding hydrogens is 242 g/mol. The Kier molecular flexibility index (Phi) is 4.85. The van der Waals surface area contributed by atoms with Gasteiger partial charge in [0.15, 0.2) is 0 Å². The van der Waals surface area contributed by atoms with Crippen molar-refractivity contribution in [3.8, 4) is 0 Å². The molecule has 0 fully saturated rings. The van der Waals surface area contributed by atoms with E-state index in [1.807, 2.05) is 32.0 Å². The van der Waals surface area contributed by atoms with Crippen LogP contribution in [0.25, 0.3) is 0 Å².